The summed E-state index contributed by atoms with van der Waals surface area (Å²) in [4.78, 5) is 26.6. The van der Waals surface area contributed by atoms with Gasteiger partial charge < -0.3 is 9.47 Å². The number of hydrogen-bond acceptors (Lipinski definition) is 4. The zero-order chi connectivity index (χ0) is 24.0. The van der Waals surface area contributed by atoms with Crippen molar-refractivity contribution < 1.29 is 19.1 Å². The second kappa shape index (κ2) is 10.4. The standard InChI is InChI=1S/C31H26O4/c32-30(34-28-21-11-17-22-12-7-8-18-25(22)28)26-19-9-10-20-27(26)31(33)35-29(23-13-3-1-4-14-23)24-15-5-2-6-16-24/h1-10,12-16,18-20,28-29H,11,17,21H2. The van der Waals surface area contributed by atoms with E-state index in [1.165, 1.54) is 5.56 Å². The average molecular weight is 463 g/mol. The minimum absolute atomic E-state index is 0.193. The number of aryl methyl sites for hydroxylation is 1. The molecule has 4 nitrogen and oxygen atoms in total. The van der Waals surface area contributed by atoms with E-state index in [-0.39, 0.29) is 17.2 Å². The van der Waals surface area contributed by atoms with Crippen molar-refractivity contribution in [2.45, 2.75) is 31.5 Å². The van der Waals surface area contributed by atoms with E-state index in [1.54, 1.807) is 24.3 Å². The van der Waals surface area contributed by atoms with Gasteiger partial charge in [-0.2, -0.15) is 0 Å². The first-order chi connectivity index (χ1) is 17.2. The van der Waals surface area contributed by atoms with Crippen molar-refractivity contribution in [2.24, 2.45) is 0 Å². The van der Waals surface area contributed by atoms with Crippen LogP contribution in [0.1, 0.15) is 68.0 Å². The molecule has 0 fully saturated rings. The highest BCUT2D eigenvalue weighted by molar-refractivity contribution is 6.03. The summed E-state index contributed by atoms with van der Waals surface area (Å²) in [5.74, 6) is -1.09. The molecule has 1 unspecified atom stereocenters. The number of hydrogen-bond donors (Lipinski definition) is 0. The maximum Gasteiger partial charge on any atom is 0.339 e. The predicted octanol–water partition coefficient (Wildman–Crippen LogP) is 6.87. The maximum atomic E-state index is 13.4. The second-order valence-electron chi connectivity index (χ2n) is 8.64. The molecule has 0 saturated carbocycles. The Balaban J connectivity index is 1.40. The van der Waals surface area contributed by atoms with Crippen LogP contribution in [0.3, 0.4) is 0 Å². The molecule has 1 atom stereocenters. The van der Waals surface area contributed by atoms with Crippen molar-refractivity contribution in [1.82, 2.24) is 0 Å². The number of ether oxygens (including phenoxy) is 2. The third kappa shape index (κ3) is 5.02. The molecule has 0 heterocycles. The van der Waals surface area contributed by atoms with E-state index >= 15 is 0 Å². The average Bonchev–Trinajstić information content (AvgIpc) is 2.93. The van der Waals surface area contributed by atoms with E-state index in [1.807, 2.05) is 78.9 Å². The number of rotatable bonds is 6. The van der Waals surface area contributed by atoms with Gasteiger partial charge in [0.05, 0.1) is 11.1 Å². The van der Waals surface area contributed by atoms with Gasteiger partial charge in [0.25, 0.3) is 0 Å². The zero-order valence-corrected chi connectivity index (χ0v) is 19.3. The summed E-state index contributed by atoms with van der Waals surface area (Å²) < 4.78 is 11.9. The van der Waals surface area contributed by atoms with Crippen LogP contribution >= 0.6 is 0 Å². The molecular weight excluding hydrogens is 436 g/mol. The molecule has 1 aliphatic rings. The van der Waals surface area contributed by atoms with Gasteiger partial charge in [0, 0.05) is 0 Å². The largest absolute Gasteiger partial charge is 0.454 e. The summed E-state index contributed by atoms with van der Waals surface area (Å²) in [6.45, 7) is 0. The van der Waals surface area contributed by atoms with Crippen LogP contribution < -0.4 is 0 Å². The molecule has 0 spiro atoms. The molecule has 0 amide bonds. The summed E-state index contributed by atoms with van der Waals surface area (Å²) in [6, 6.07) is 33.9. The monoisotopic (exact) mass is 462 g/mol. The molecule has 4 aromatic carbocycles. The summed E-state index contributed by atoms with van der Waals surface area (Å²) in [7, 11) is 0. The zero-order valence-electron chi connectivity index (χ0n) is 19.3. The quantitative estimate of drug-likeness (QED) is 0.294. The number of fused-ring (bicyclic) bond motifs is 1. The minimum atomic E-state index is -0.598. The van der Waals surface area contributed by atoms with E-state index in [0.29, 0.717) is 0 Å². The third-order valence-corrected chi connectivity index (χ3v) is 6.36. The Labute approximate surface area is 205 Å². The number of esters is 2. The molecule has 35 heavy (non-hydrogen) atoms. The van der Waals surface area contributed by atoms with Crippen LogP contribution in [0.5, 0.6) is 0 Å². The summed E-state index contributed by atoms with van der Waals surface area (Å²) in [6.07, 6.45) is 1.78. The lowest BCUT2D eigenvalue weighted by molar-refractivity contribution is 0.0239. The van der Waals surface area contributed by atoms with Crippen molar-refractivity contribution in [1.29, 1.82) is 0 Å². The fraction of sp³-hybridized carbons (Fsp3) is 0.161. The molecular formula is C31H26O4. The van der Waals surface area contributed by atoms with Crippen LogP contribution in [0.4, 0.5) is 0 Å². The van der Waals surface area contributed by atoms with Gasteiger partial charge in [-0.25, -0.2) is 9.59 Å². The van der Waals surface area contributed by atoms with E-state index in [9.17, 15) is 9.59 Å². The van der Waals surface area contributed by atoms with Crippen LogP contribution in [-0.2, 0) is 15.9 Å². The van der Waals surface area contributed by atoms with Gasteiger partial charge in [0.2, 0.25) is 0 Å². The van der Waals surface area contributed by atoms with Crippen molar-refractivity contribution in [2.75, 3.05) is 0 Å². The first-order valence-electron chi connectivity index (χ1n) is 11.9. The highest BCUT2D eigenvalue weighted by atomic mass is 16.6. The van der Waals surface area contributed by atoms with E-state index in [4.69, 9.17) is 9.47 Å². The molecule has 0 aliphatic heterocycles. The van der Waals surface area contributed by atoms with Gasteiger partial charge in [-0.1, -0.05) is 97.1 Å². The van der Waals surface area contributed by atoms with Gasteiger partial charge in [0.15, 0.2) is 6.10 Å². The Morgan fingerprint density at radius 1 is 0.657 bits per heavy atom. The topological polar surface area (TPSA) is 52.6 Å². The summed E-state index contributed by atoms with van der Waals surface area (Å²) in [5.41, 5.74) is 4.36. The van der Waals surface area contributed by atoms with Gasteiger partial charge >= 0.3 is 11.9 Å². The molecule has 4 heteroatoms. The Hall–Kier alpha value is -4.18. The molecule has 5 rings (SSSR count). The normalized spacial score (nSPS) is 14.7. The molecule has 0 saturated heterocycles. The fourth-order valence-corrected chi connectivity index (χ4v) is 4.62. The van der Waals surface area contributed by atoms with Crippen molar-refractivity contribution in [3.05, 3.63) is 143 Å². The summed E-state index contributed by atoms with van der Waals surface area (Å²) in [5, 5.41) is 0. The highest BCUT2D eigenvalue weighted by Crippen LogP contribution is 2.33. The van der Waals surface area contributed by atoms with E-state index < -0.39 is 18.0 Å². The minimum Gasteiger partial charge on any atom is -0.454 e. The Bertz CT molecular complexity index is 1270. The molecule has 0 N–H and O–H groups in total. The number of benzene rings is 4. The molecule has 174 valence electrons. The van der Waals surface area contributed by atoms with Gasteiger partial charge in [-0.15, -0.1) is 0 Å². The highest BCUT2D eigenvalue weighted by Gasteiger charge is 2.28. The van der Waals surface area contributed by atoms with Crippen molar-refractivity contribution in [3.8, 4) is 0 Å². The smallest absolute Gasteiger partial charge is 0.339 e. The lowest BCUT2D eigenvalue weighted by Crippen LogP contribution is -2.20. The van der Waals surface area contributed by atoms with E-state index in [0.717, 1.165) is 36.0 Å². The third-order valence-electron chi connectivity index (χ3n) is 6.36. The number of carbonyl (C=O) groups excluding carboxylic acids is 2. The number of carbonyl (C=O) groups is 2. The molecule has 0 radical (unpaired) electrons. The first-order valence-corrected chi connectivity index (χ1v) is 11.9. The lowest BCUT2D eigenvalue weighted by atomic mass is 9.89. The molecule has 0 aromatic heterocycles. The second-order valence-corrected chi connectivity index (χ2v) is 8.64. The molecule has 0 bridgehead atoms. The molecule has 4 aromatic rings. The van der Waals surface area contributed by atoms with E-state index in [2.05, 4.69) is 6.07 Å². The Kier molecular flexibility index (Phi) is 6.71. The van der Waals surface area contributed by atoms with Crippen LogP contribution in [-0.4, -0.2) is 11.9 Å². The van der Waals surface area contributed by atoms with Crippen molar-refractivity contribution >= 4 is 11.9 Å². The Morgan fingerprint density at radius 2 is 1.20 bits per heavy atom. The van der Waals surface area contributed by atoms with Crippen LogP contribution in [0.15, 0.2) is 109 Å². The van der Waals surface area contributed by atoms with Crippen molar-refractivity contribution in [3.63, 3.8) is 0 Å². The summed E-state index contributed by atoms with van der Waals surface area (Å²) >= 11 is 0. The maximum absolute atomic E-state index is 13.4. The fourth-order valence-electron chi connectivity index (χ4n) is 4.62. The SMILES string of the molecule is O=C(OC1CCCc2ccccc21)c1ccccc1C(=O)OC(c1ccccc1)c1ccccc1. The van der Waals surface area contributed by atoms with Gasteiger partial charge in [0.1, 0.15) is 6.10 Å². The van der Waals surface area contributed by atoms with Gasteiger partial charge in [-0.3, -0.25) is 0 Å². The first kappa shape index (κ1) is 22.6. The predicted molar refractivity (Wildman–Crippen MR) is 134 cm³/mol. The Morgan fingerprint density at radius 3 is 1.86 bits per heavy atom. The lowest BCUT2D eigenvalue weighted by Gasteiger charge is -2.25. The molecule has 1 aliphatic carbocycles. The van der Waals surface area contributed by atoms with Crippen LogP contribution in [0.25, 0.3) is 0 Å². The van der Waals surface area contributed by atoms with Crippen LogP contribution in [0, 0.1) is 0 Å². The van der Waals surface area contributed by atoms with Crippen LogP contribution in [0.2, 0.25) is 0 Å². The van der Waals surface area contributed by atoms with Gasteiger partial charge in [-0.05, 0) is 53.6 Å².